The Labute approximate surface area is 181 Å². The molecule has 18 heteroatoms. The summed E-state index contributed by atoms with van der Waals surface area (Å²) in [5.74, 6) is -2.20. The molecule has 5 atom stereocenters. The highest BCUT2D eigenvalue weighted by molar-refractivity contribution is 9.10. The second-order valence-corrected chi connectivity index (χ2v) is 6.84. The number of aromatic nitrogens is 3. The molecule has 1 heterocycles. The fourth-order valence-corrected chi connectivity index (χ4v) is 3.34. The molecule has 0 N–H and O–H groups in total. The molecular weight excluding hydrogens is 488 g/mol. The van der Waals surface area contributed by atoms with Gasteiger partial charge >= 0.3 is 17.9 Å². The van der Waals surface area contributed by atoms with Crippen LogP contribution in [0.15, 0.2) is 15.0 Å². The van der Waals surface area contributed by atoms with Gasteiger partial charge in [-0.2, -0.15) is 0 Å². The highest BCUT2D eigenvalue weighted by Gasteiger charge is 2.49. The Balaban J connectivity index is 2.40. The number of ether oxygens (including phenoxy) is 3. The molecule has 0 spiro atoms. The third-order valence-electron chi connectivity index (χ3n) is 4.06. The summed E-state index contributed by atoms with van der Waals surface area (Å²) in [5.41, 5.74) is 17.8. The van der Waals surface area contributed by atoms with Gasteiger partial charge in [0.25, 0.3) is 4.73 Å². The van der Waals surface area contributed by atoms with Crippen molar-refractivity contribution >= 4 is 33.8 Å². The molecule has 0 radical (unpaired) electrons. The molecule has 0 amide bonds. The van der Waals surface area contributed by atoms with Gasteiger partial charge in [0.2, 0.25) is 0 Å². The smallest absolute Gasteiger partial charge is 0.458 e. The van der Waals surface area contributed by atoms with E-state index in [2.05, 4.69) is 46.1 Å². The number of halogens is 1. The van der Waals surface area contributed by atoms with Gasteiger partial charge in [0.05, 0.1) is 12.1 Å². The number of hydrogen-bond acceptors (Lipinski definition) is 11. The zero-order valence-electron chi connectivity index (χ0n) is 16.0. The Bertz CT molecular complexity index is 956. The van der Waals surface area contributed by atoms with Crippen molar-refractivity contribution in [3.63, 3.8) is 0 Å². The van der Waals surface area contributed by atoms with E-state index in [4.69, 9.17) is 25.3 Å². The predicted molar refractivity (Wildman–Crippen MR) is 101 cm³/mol. The minimum absolute atomic E-state index is 0.0251. The fourth-order valence-electron chi connectivity index (χ4n) is 3.00. The van der Waals surface area contributed by atoms with Crippen LogP contribution >= 0.6 is 15.9 Å². The highest BCUT2D eigenvalue weighted by Crippen LogP contribution is 2.32. The normalized spacial score (nSPS) is 24.9. The summed E-state index contributed by atoms with van der Waals surface area (Å²) < 4.78 is 17.1. The van der Waals surface area contributed by atoms with Crippen LogP contribution in [0.5, 0.6) is 0 Å². The molecule has 0 aromatic carbocycles. The molecule has 0 bridgehead atoms. The number of rotatable bonds is 8. The van der Waals surface area contributed by atoms with Crippen LogP contribution < -0.4 is 0 Å². The second-order valence-electron chi connectivity index (χ2n) is 6.13. The summed E-state index contributed by atoms with van der Waals surface area (Å²) >= 11 is 3.00. The van der Waals surface area contributed by atoms with Crippen LogP contribution in [0, 0.1) is 10.1 Å². The molecule has 0 aliphatic heterocycles. The van der Waals surface area contributed by atoms with Gasteiger partial charge in [0.15, 0.2) is 12.8 Å². The van der Waals surface area contributed by atoms with E-state index in [9.17, 15) is 19.7 Å². The van der Waals surface area contributed by atoms with Gasteiger partial charge in [-0.05, 0) is 27.4 Å². The van der Waals surface area contributed by atoms with Gasteiger partial charge in [-0.3, -0.25) is 9.59 Å². The summed E-state index contributed by atoms with van der Waals surface area (Å²) in [4.78, 5) is 42.3. The molecule has 2 rings (SSSR count). The van der Waals surface area contributed by atoms with Gasteiger partial charge in [0.1, 0.15) is 12.2 Å². The van der Waals surface area contributed by atoms with E-state index in [1.54, 1.807) is 0 Å². The molecule has 1 fully saturated rings. The van der Waals surface area contributed by atoms with Crippen LogP contribution in [0.3, 0.4) is 0 Å². The average Bonchev–Trinajstić information content (AvgIpc) is 3.05. The molecule has 2 unspecified atom stereocenters. The predicted octanol–water partition coefficient (Wildman–Crippen LogP) is 1.92. The van der Waals surface area contributed by atoms with Crippen LogP contribution in [0.2, 0.25) is 0 Å². The monoisotopic (exact) mass is 502 g/mol. The topological polar surface area (TPSA) is 233 Å². The molecular formula is C13H15BrN10O7. The maximum Gasteiger partial charge on any atom is 0.492 e. The van der Waals surface area contributed by atoms with Crippen LogP contribution in [-0.4, -0.2) is 62.0 Å². The zero-order valence-corrected chi connectivity index (χ0v) is 17.6. The van der Waals surface area contributed by atoms with E-state index in [0.717, 1.165) is 18.5 Å². The van der Waals surface area contributed by atoms with Crippen molar-refractivity contribution in [2.24, 2.45) is 10.2 Å². The second kappa shape index (κ2) is 10.5. The van der Waals surface area contributed by atoms with Crippen LogP contribution in [0.25, 0.3) is 20.9 Å². The van der Waals surface area contributed by atoms with Gasteiger partial charge in [-0.1, -0.05) is 10.2 Å². The SMILES string of the molecule is CC(=O)OC1[C@@H](OC(C)=O)[C@H](OCn2nc([N+](=O)[O-])nc2Br)C(N=[N+]=[N-])C[C@H]1N=[N+]=[N-]. The zero-order chi connectivity index (χ0) is 23.1. The number of carbonyl (C=O) groups excluding carboxylic acids is 2. The first-order valence-electron chi connectivity index (χ1n) is 8.47. The summed E-state index contributed by atoms with van der Waals surface area (Å²) in [5, 5.41) is 21.6. The molecule has 0 saturated heterocycles. The van der Waals surface area contributed by atoms with E-state index in [1.807, 2.05) is 0 Å². The van der Waals surface area contributed by atoms with E-state index < -0.39 is 59.9 Å². The lowest BCUT2D eigenvalue weighted by Gasteiger charge is -2.42. The third-order valence-corrected chi connectivity index (χ3v) is 4.65. The standard InChI is InChI=1S/C13H15BrN10O7/c1-5(25)30-10-8(19-22-16)3-7(18-21-15)9(11(10)31-6(2)26)29-4-23-12(14)17-13(20-23)24(27)28/h7-11H,3-4H2,1-2H3/t7?,8-,9-,10?,11+/m1/s1. The van der Waals surface area contributed by atoms with Crippen molar-refractivity contribution in [1.29, 1.82) is 0 Å². The van der Waals surface area contributed by atoms with Crippen molar-refractivity contribution in [3.05, 3.63) is 35.7 Å². The van der Waals surface area contributed by atoms with E-state index >= 15 is 0 Å². The molecule has 1 saturated carbocycles. The summed E-state index contributed by atoms with van der Waals surface area (Å²) in [7, 11) is 0. The molecule has 31 heavy (non-hydrogen) atoms. The molecule has 1 aliphatic rings. The number of hydrogen-bond donors (Lipinski definition) is 0. The van der Waals surface area contributed by atoms with E-state index in [0.29, 0.717) is 0 Å². The van der Waals surface area contributed by atoms with Crippen LogP contribution in [0.1, 0.15) is 20.3 Å². The maximum absolute atomic E-state index is 11.7. The maximum atomic E-state index is 11.7. The Morgan fingerprint density at radius 1 is 1.19 bits per heavy atom. The Hall–Kier alpha value is -3.46. The Morgan fingerprint density at radius 2 is 1.74 bits per heavy atom. The highest BCUT2D eigenvalue weighted by atomic mass is 79.9. The lowest BCUT2D eigenvalue weighted by atomic mass is 9.84. The van der Waals surface area contributed by atoms with Crippen molar-refractivity contribution in [3.8, 4) is 0 Å². The summed E-state index contributed by atoms with van der Waals surface area (Å²) in [6, 6.07) is -2.03. The van der Waals surface area contributed by atoms with Crippen molar-refractivity contribution in [2.45, 2.75) is 57.4 Å². The van der Waals surface area contributed by atoms with Crippen molar-refractivity contribution < 1.29 is 28.7 Å². The van der Waals surface area contributed by atoms with Crippen molar-refractivity contribution in [2.75, 3.05) is 0 Å². The first kappa shape index (κ1) is 23.8. The van der Waals surface area contributed by atoms with Gasteiger partial charge in [-0.15, -0.1) is 4.68 Å². The molecule has 1 aromatic heterocycles. The van der Waals surface area contributed by atoms with E-state index in [-0.39, 0.29) is 11.2 Å². The van der Waals surface area contributed by atoms with Crippen molar-refractivity contribution in [1.82, 2.24) is 14.8 Å². The Kier molecular flexibility index (Phi) is 8.09. The molecule has 17 nitrogen and oxygen atoms in total. The van der Waals surface area contributed by atoms with Crippen LogP contribution in [-0.2, 0) is 30.5 Å². The minimum atomic E-state index is -1.32. The van der Waals surface area contributed by atoms with Gasteiger partial charge in [0, 0.05) is 44.7 Å². The largest absolute Gasteiger partial charge is 0.492 e. The average molecular weight is 503 g/mol. The van der Waals surface area contributed by atoms with Gasteiger partial charge in [-0.25, -0.2) is 0 Å². The number of carbonyl (C=O) groups is 2. The first-order chi connectivity index (χ1) is 14.7. The summed E-state index contributed by atoms with van der Waals surface area (Å²) in [6.07, 6.45) is -3.82. The summed E-state index contributed by atoms with van der Waals surface area (Å²) in [6.45, 7) is 1.78. The lowest BCUT2D eigenvalue weighted by Crippen LogP contribution is -2.58. The molecule has 1 aliphatic carbocycles. The number of esters is 2. The minimum Gasteiger partial charge on any atom is -0.458 e. The molecule has 1 aromatic rings. The fraction of sp³-hybridized carbons (Fsp3) is 0.692. The number of azide groups is 2. The van der Waals surface area contributed by atoms with Crippen LogP contribution in [0.4, 0.5) is 5.95 Å². The Morgan fingerprint density at radius 3 is 2.23 bits per heavy atom. The quantitative estimate of drug-likeness (QED) is 0.126. The first-order valence-corrected chi connectivity index (χ1v) is 9.26. The number of nitro groups is 1. The van der Waals surface area contributed by atoms with E-state index in [1.165, 1.54) is 0 Å². The molecule has 166 valence electrons. The lowest BCUT2D eigenvalue weighted by molar-refractivity contribution is -0.394. The third kappa shape index (κ3) is 6.02. The van der Waals surface area contributed by atoms with Gasteiger partial charge < -0.3 is 24.3 Å². The number of nitrogens with zero attached hydrogens (tertiary/aromatic N) is 10.